The van der Waals surface area contributed by atoms with Gasteiger partial charge in [0, 0.05) is 46.3 Å². The van der Waals surface area contributed by atoms with E-state index in [1.54, 1.807) is 0 Å². The number of aromatic nitrogens is 6. The number of fused-ring (bicyclic) bond motifs is 4. The van der Waals surface area contributed by atoms with Crippen LogP contribution in [0, 0.1) is 0 Å². The molecule has 0 amide bonds. The Morgan fingerprint density at radius 3 is 0.778 bits per heavy atom. The molecular formula is C48H32N6. The maximum absolute atomic E-state index is 5.32. The van der Waals surface area contributed by atoms with Crippen LogP contribution in [0.5, 0.6) is 0 Å². The molecule has 0 radical (unpaired) electrons. The summed E-state index contributed by atoms with van der Waals surface area (Å²) in [6, 6.07) is 40.8. The molecule has 0 aliphatic heterocycles. The smallest absolute Gasteiger partial charge is 0.0894 e. The first-order chi connectivity index (χ1) is 26.8. The van der Waals surface area contributed by atoms with Gasteiger partial charge in [0.25, 0.3) is 0 Å². The Morgan fingerprint density at radius 1 is 0.259 bits per heavy atom. The van der Waals surface area contributed by atoms with E-state index in [2.05, 4.69) is 92.8 Å². The zero-order valence-corrected chi connectivity index (χ0v) is 29.2. The lowest BCUT2D eigenvalue weighted by Crippen LogP contribution is -2.00. The fourth-order valence-corrected chi connectivity index (χ4v) is 6.74. The molecule has 0 spiro atoms. The van der Waals surface area contributed by atoms with E-state index in [1.165, 1.54) is 0 Å². The molecule has 0 aliphatic carbocycles. The summed E-state index contributed by atoms with van der Waals surface area (Å²) in [6.07, 6.45) is 23.8. The van der Waals surface area contributed by atoms with Crippen LogP contribution in [0.3, 0.4) is 0 Å². The van der Waals surface area contributed by atoms with Crippen molar-refractivity contribution in [3.05, 3.63) is 191 Å². The van der Waals surface area contributed by atoms with Crippen LogP contribution < -0.4 is 0 Å². The van der Waals surface area contributed by atoms with Crippen molar-refractivity contribution in [1.82, 2.24) is 29.9 Å². The Hall–Kier alpha value is -7.44. The Morgan fingerprint density at radius 2 is 0.519 bits per heavy atom. The van der Waals surface area contributed by atoms with Crippen molar-refractivity contribution >= 4 is 92.2 Å². The van der Waals surface area contributed by atoms with Gasteiger partial charge >= 0.3 is 0 Å². The van der Waals surface area contributed by atoms with Crippen LogP contribution in [0.25, 0.3) is 92.2 Å². The lowest BCUT2D eigenvalue weighted by atomic mass is 10.0. The maximum atomic E-state index is 5.32. The van der Waals surface area contributed by atoms with E-state index in [4.69, 9.17) is 9.97 Å². The topological polar surface area (TPSA) is 77.3 Å². The molecule has 0 N–H and O–H groups in total. The van der Waals surface area contributed by atoms with Gasteiger partial charge in [-0.05, 0) is 95.1 Å². The molecule has 5 aromatic heterocycles. The number of rotatable bonds is 8. The van der Waals surface area contributed by atoms with Crippen molar-refractivity contribution in [1.29, 1.82) is 0 Å². The van der Waals surface area contributed by atoms with E-state index < -0.39 is 0 Å². The van der Waals surface area contributed by atoms with Crippen LogP contribution >= 0.6 is 0 Å². The number of benzene rings is 4. The second kappa shape index (κ2) is 14.7. The Balaban J connectivity index is 1.22. The highest BCUT2D eigenvalue weighted by molar-refractivity contribution is 5.95. The minimum Gasteiger partial charge on any atom is -0.256 e. The van der Waals surface area contributed by atoms with Gasteiger partial charge in [0.05, 0.1) is 44.8 Å². The molecule has 0 fully saturated rings. The molecule has 0 saturated heterocycles. The van der Waals surface area contributed by atoms with Gasteiger partial charge in [-0.2, -0.15) is 0 Å². The standard InChI is InChI=1S/C48H32N6/c1-9-33(37-13-5-29-49-41(37)17-1)21-25-45-46(26-22-34-10-2-18-42-38(34)14-6-30-50-42)54-48(28-24-36-12-4-20-44-40(36)16-8-32-52-44)47(53-45)27-23-35-11-3-19-43-39(35)15-7-31-51-43/h1-32H/b25-21+,26-22+,27-23+,28-24+. The SMILES string of the molecule is C(=C\c1cccc2ncccc12)/c1nc(/C=C/c2cccc3ncccc23)c(/C=C/c2cccc3ncccc23)nc1/C=C/c1cccc2ncccc12. The highest BCUT2D eigenvalue weighted by Gasteiger charge is 2.10. The molecule has 0 unspecified atom stereocenters. The quantitative estimate of drug-likeness (QED) is 0.158. The van der Waals surface area contributed by atoms with Gasteiger partial charge in [0.2, 0.25) is 0 Å². The molecular weight excluding hydrogens is 661 g/mol. The first kappa shape index (κ1) is 32.5. The van der Waals surface area contributed by atoms with Gasteiger partial charge in [-0.25, -0.2) is 9.97 Å². The van der Waals surface area contributed by atoms with E-state index in [-0.39, 0.29) is 0 Å². The average molecular weight is 693 g/mol. The van der Waals surface area contributed by atoms with Gasteiger partial charge in [-0.3, -0.25) is 19.9 Å². The highest BCUT2D eigenvalue weighted by Crippen LogP contribution is 2.26. The summed E-state index contributed by atoms with van der Waals surface area (Å²) in [6.45, 7) is 0. The van der Waals surface area contributed by atoms with Crippen LogP contribution in [0.2, 0.25) is 0 Å². The normalized spacial score (nSPS) is 12.1. The first-order valence-corrected chi connectivity index (χ1v) is 17.8. The summed E-state index contributed by atoms with van der Waals surface area (Å²) in [5.74, 6) is 0. The van der Waals surface area contributed by atoms with Gasteiger partial charge in [0.1, 0.15) is 0 Å². The fourth-order valence-electron chi connectivity index (χ4n) is 6.74. The highest BCUT2D eigenvalue weighted by atomic mass is 14.8. The largest absolute Gasteiger partial charge is 0.256 e. The second-order valence-electron chi connectivity index (χ2n) is 12.8. The van der Waals surface area contributed by atoms with E-state index in [0.29, 0.717) is 0 Å². The zero-order chi connectivity index (χ0) is 36.1. The lowest BCUT2D eigenvalue weighted by molar-refractivity contribution is 1.12. The molecule has 4 aromatic carbocycles. The Kier molecular flexibility index (Phi) is 8.81. The van der Waals surface area contributed by atoms with Crippen molar-refractivity contribution in [3.8, 4) is 0 Å². The van der Waals surface area contributed by atoms with Crippen molar-refractivity contribution in [2.75, 3.05) is 0 Å². The number of pyridine rings is 4. The monoisotopic (exact) mass is 692 g/mol. The van der Waals surface area contributed by atoms with Crippen LogP contribution in [-0.4, -0.2) is 29.9 Å². The molecule has 9 aromatic rings. The van der Waals surface area contributed by atoms with Crippen LogP contribution in [0.1, 0.15) is 45.0 Å². The van der Waals surface area contributed by atoms with E-state index in [0.717, 1.165) is 88.6 Å². The molecule has 54 heavy (non-hydrogen) atoms. The average Bonchev–Trinajstić information content (AvgIpc) is 3.23. The Bertz CT molecular complexity index is 2540. The summed E-state index contributed by atoms with van der Waals surface area (Å²) in [5.41, 5.74) is 10.9. The summed E-state index contributed by atoms with van der Waals surface area (Å²) in [5, 5.41) is 4.27. The van der Waals surface area contributed by atoms with E-state index >= 15 is 0 Å². The molecule has 0 aliphatic rings. The summed E-state index contributed by atoms with van der Waals surface area (Å²) >= 11 is 0. The fraction of sp³-hybridized carbons (Fsp3) is 0. The van der Waals surface area contributed by atoms with E-state index in [9.17, 15) is 0 Å². The zero-order valence-electron chi connectivity index (χ0n) is 29.2. The minimum absolute atomic E-state index is 0.733. The third-order valence-corrected chi connectivity index (χ3v) is 9.41. The molecule has 0 bridgehead atoms. The predicted molar refractivity (Wildman–Crippen MR) is 225 cm³/mol. The van der Waals surface area contributed by atoms with Crippen molar-refractivity contribution in [2.24, 2.45) is 0 Å². The number of hydrogen-bond donors (Lipinski definition) is 0. The van der Waals surface area contributed by atoms with Crippen molar-refractivity contribution in [3.63, 3.8) is 0 Å². The third kappa shape index (κ3) is 6.67. The molecule has 6 heteroatoms. The first-order valence-electron chi connectivity index (χ1n) is 17.8. The minimum atomic E-state index is 0.733. The summed E-state index contributed by atoms with van der Waals surface area (Å²) < 4.78 is 0. The van der Waals surface area contributed by atoms with Gasteiger partial charge in [0.15, 0.2) is 0 Å². The van der Waals surface area contributed by atoms with Gasteiger partial charge in [-0.15, -0.1) is 0 Å². The summed E-state index contributed by atoms with van der Waals surface area (Å²) in [7, 11) is 0. The second-order valence-corrected chi connectivity index (χ2v) is 12.8. The molecule has 0 saturated carbocycles. The van der Waals surface area contributed by atoms with Gasteiger partial charge in [-0.1, -0.05) is 97.1 Å². The third-order valence-electron chi connectivity index (χ3n) is 9.41. The summed E-state index contributed by atoms with van der Waals surface area (Å²) in [4.78, 5) is 28.9. The number of hydrogen-bond acceptors (Lipinski definition) is 6. The van der Waals surface area contributed by atoms with Crippen LogP contribution in [-0.2, 0) is 0 Å². The van der Waals surface area contributed by atoms with E-state index in [1.807, 2.05) is 122 Å². The lowest BCUT2D eigenvalue weighted by Gasteiger charge is -2.09. The number of nitrogens with zero attached hydrogens (tertiary/aromatic N) is 6. The van der Waals surface area contributed by atoms with Crippen LogP contribution in [0.15, 0.2) is 146 Å². The molecule has 6 nitrogen and oxygen atoms in total. The maximum Gasteiger partial charge on any atom is 0.0894 e. The Labute approximate surface area is 312 Å². The predicted octanol–water partition coefficient (Wildman–Crippen LogP) is 11.4. The molecule has 9 rings (SSSR count). The van der Waals surface area contributed by atoms with Crippen LogP contribution in [0.4, 0.5) is 0 Å². The van der Waals surface area contributed by atoms with Gasteiger partial charge < -0.3 is 0 Å². The van der Waals surface area contributed by atoms with Crippen molar-refractivity contribution in [2.45, 2.75) is 0 Å². The van der Waals surface area contributed by atoms with Crippen molar-refractivity contribution < 1.29 is 0 Å². The molecule has 0 atom stereocenters. The molecule has 254 valence electrons. The molecule has 5 heterocycles.